The first-order chi connectivity index (χ1) is 15.4. The first-order valence-corrected chi connectivity index (χ1v) is 11.7. The third kappa shape index (κ3) is 4.65. The minimum absolute atomic E-state index is 0.237. The van der Waals surface area contributed by atoms with Crippen molar-refractivity contribution in [3.05, 3.63) is 101 Å². The van der Waals surface area contributed by atoms with Gasteiger partial charge < -0.3 is 5.32 Å². The lowest BCUT2D eigenvalue weighted by Crippen LogP contribution is -2.30. The van der Waals surface area contributed by atoms with Gasteiger partial charge in [-0.2, -0.15) is 0 Å². The van der Waals surface area contributed by atoms with E-state index < -0.39 is 11.0 Å². The van der Waals surface area contributed by atoms with E-state index in [4.69, 9.17) is 0 Å². The number of carbonyl (C=O) groups excluding carboxylic acids is 1. The number of allylic oxidation sites excluding steroid dienone is 1. The van der Waals surface area contributed by atoms with Crippen LogP contribution in [0.4, 0.5) is 10.1 Å². The molecule has 4 rings (SSSR count). The first kappa shape index (κ1) is 22.0. The molecule has 0 radical (unpaired) electrons. The van der Waals surface area contributed by atoms with Crippen LogP contribution < -0.4 is 9.62 Å². The second-order valence-electron chi connectivity index (χ2n) is 7.98. The van der Waals surface area contributed by atoms with Gasteiger partial charge in [-0.25, -0.2) is 8.60 Å². The van der Waals surface area contributed by atoms with Crippen molar-refractivity contribution in [2.24, 2.45) is 5.92 Å². The molecule has 1 N–H and O–H groups in total. The van der Waals surface area contributed by atoms with Crippen LogP contribution >= 0.6 is 0 Å². The van der Waals surface area contributed by atoms with Gasteiger partial charge in [-0.1, -0.05) is 50.3 Å². The van der Waals surface area contributed by atoms with Gasteiger partial charge in [0, 0.05) is 17.7 Å². The Hall–Kier alpha value is -3.25. The van der Waals surface area contributed by atoms with Gasteiger partial charge >= 0.3 is 0 Å². The monoisotopic (exact) mass is 448 g/mol. The van der Waals surface area contributed by atoms with Crippen molar-refractivity contribution in [3.63, 3.8) is 0 Å². The molecule has 1 aliphatic heterocycles. The summed E-state index contributed by atoms with van der Waals surface area (Å²) in [7, 11) is -1.40. The molecule has 1 atom stereocenters. The highest BCUT2D eigenvalue weighted by molar-refractivity contribution is 7.86. The van der Waals surface area contributed by atoms with Crippen LogP contribution in [0, 0.1) is 11.7 Å². The number of rotatable bonds is 6. The molecule has 0 spiro atoms. The number of carbonyl (C=O) groups is 1. The average Bonchev–Trinajstić information content (AvgIpc) is 2.82. The second kappa shape index (κ2) is 9.49. The highest BCUT2D eigenvalue weighted by Crippen LogP contribution is 2.36. The van der Waals surface area contributed by atoms with Gasteiger partial charge in [0.15, 0.2) is 11.0 Å². The molecule has 0 bridgehead atoms. The van der Waals surface area contributed by atoms with Crippen molar-refractivity contribution in [1.82, 2.24) is 5.32 Å². The number of para-hydroxylation sites is 1. The Morgan fingerprint density at radius 2 is 1.72 bits per heavy atom. The summed E-state index contributed by atoms with van der Waals surface area (Å²) < 4.78 is 28.2. The SMILES string of the molecule is CC(C)C1=CCN(S(=O)c2ccc(C(=O)NCc3ccc(F)cc3)cc2)c2ccccc21. The molecule has 0 fully saturated rings. The zero-order valence-corrected chi connectivity index (χ0v) is 18.9. The Morgan fingerprint density at radius 1 is 1.03 bits per heavy atom. The number of nitrogens with zero attached hydrogens (tertiary/aromatic N) is 1. The number of halogens is 1. The zero-order valence-electron chi connectivity index (χ0n) is 18.0. The number of nitrogens with one attached hydrogen (secondary N) is 1. The standard InChI is InChI=1S/C26H25FN2O2S/c1-18(2)23-15-16-29(25-6-4-3-5-24(23)25)32(31)22-13-9-20(10-14-22)26(30)28-17-19-7-11-21(27)12-8-19/h3-15,18H,16-17H2,1-2H3,(H,28,30). The van der Waals surface area contributed by atoms with Crippen LogP contribution in [0.2, 0.25) is 0 Å². The maximum atomic E-state index is 13.3. The van der Waals surface area contributed by atoms with Crippen LogP contribution in [0.5, 0.6) is 0 Å². The molecule has 1 heterocycles. The van der Waals surface area contributed by atoms with E-state index in [1.807, 2.05) is 22.5 Å². The maximum absolute atomic E-state index is 13.3. The Morgan fingerprint density at radius 3 is 2.41 bits per heavy atom. The molecule has 0 saturated heterocycles. The molecular weight excluding hydrogens is 423 g/mol. The number of anilines is 1. The summed E-state index contributed by atoms with van der Waals surface area (Å²) in [6.07, 6.45) is 2.14. The number of benzene rings is 3. The van der Waals surface area contributed by atoms with Crippen LogP contribution in [-0.4, -0.2) is 16.7 Å². The van der Waals surface area contributed by atoms with Gasteiger partial charge in [-0.15, -0.1) is 0 Å². The molecule has 3 aromatic rings. The smallest absolute Gasteiger partial charge is 0.251 e. The van der Waals surface area contributed by atoms with Crippen LogP contribution in [0.3, 0.4) is 0 Å². The first-order valence-electron chi connectivity index (χ1n) is 10.6. The Balaban J connectivity index is 1.46. The number of fused-ring (bicyclic) bond motifs is 1. The molecule has 0 aromatic heterocycles. The third-order valence-electron chi connectivity index (χ3n) is 5.47. The fraction of sp³-hybridized carbons (Fsp3) is 0.192. The average molecular weight is 449 g/mol. The topological polar surface area (TPSA) is 49.4 Å². The van der Waals surface area contributed by atoms with E-state index in [0.29, 0.717) is 29.5 Å². The normalized spacial score (nSPS) is 14.0. The number of hydrogen-bond donors (Lipinski definition) is 1. The van der Waals surface area contributed by atoms with Gasteiger partial charge in [-0.3, -0.25) is 9.10 Å². The molecule has 4 nitrogen and oxygen atoms in total. The molecule has 32 heavy (non-hydrogen) atoms. The fourth-order valence-electron chi connectivity index (χ4n) is 3.77. The van der Waals surface area contributed by atoms with E-state index in [0.717, 1.165) is 16.8 Å². The molecule has 6 heteroatoms. The maximum Gasteiger partial charge on any atom is 0.251 e. The van der Waals surface area contributed by atoms with Crippen LogP contribution in [0.25, 0.3) is 5.57 Å². The van der Waals surface area contributed by atoms with Crippen molar-refractivity contribution >= 4 is 28.2 Å². The lowest BCUT2D eigenvalue weighted by atomic mass is 9.92. The lowest BCUT2D eigenvalue weighted by Gasteiger charge is -2.30. The molecule has 0 saturated carbocycles. The second-order valence-corrected chi connectivity index (χ2v) is 9.39. The molecule has 1 unspecified atom stereocenters. The summed E-state index contributed by atoms with van der Waals surface area (Å²) in [5, 5.41) is 2.82. The summed E-state index contributed by atoms with van der Waals surface area (Å²) in [5.74, 6) is -0.158. The summed E-state index contributed by atoms with van der Waals surface area (Å²) in [6.45, 7) is 5.20. The van der Waals surface area contributed by atoms with Gasteiger partial charge in [-0.05, 0) is 59.5 Å². The van der Waals surface area contributed by atoms with E-state index in [2.05, 4.69) is 31.3 Å². The van der Waals surface area contributed by atoms with Gasteiger partial charge in [0.25, 0.3) is 5.91 Å². The number of hydrogen-bond acceptors (Lipinski definition) is 2. The van der Waals surface area contributed by atoms with Crippen LogP contribution in [-0.2, 0) is 17.5 Å². The summed E-state index contributed by atoms with van der Waals surface area (Å²) >= 11 is 0. The summed E-state index contributed by atoms with van der Waals surface area (Å²) in [5.41, 5.74) is 4.63. The predicted octanol–water partition coefficient (Wildman–Crippen LogP) is 5.34. The summed E-state index contributed by atoms with van der Waals surface area (Å²) in [6, 6.07) is 20.8. The third-order valence-corrected chi connectivity index (χ3v) is 6.89. The Kier molecular flexibility index (Phi) is 6.51. The number of amides is 1. The highest BCUT2D eigenvalue weighted by Gasteiger charge is 2.24. The highest BCUT2D eigenvalue weighted by atomic mass is 32.2. The Bertz CT molecular complexity index is 1170. The van der Waals surface area contributed by atoms with E-state index in [1.54, 1.807) is 36.4 Å². The van der Waals surface area contributed by atoms with Crippen molar-refractivity contribution in [2.45, 2.75) is 25.3 Å². The molecule has 0 aliphatic carbocycles. The molecule has 164 valence electrons. The predicted molar refractivity (Wildman–Crippen MR) is 127 cm³/mol. The van der Waals surface area contributed by atoms with Gasteiger partial charge in [0.2, 0.25) is 0 Å². The van der Waals surface area contributed by atoms with Gasteiger partial charge in [0.1, 0.15) is 5.82 Å². The molecule has 1 amide bonds. The van der Waals surface area contributed by atoms with E-state index in [1.165, 1.54) is 17.7 Å². The minimum atomic E-state index is -1.40. The van der Waals surface area contributed by atoms with Crippen molar-refractivity contribution in [3.8, 4) is 0 Å². The van der Waals surface area contributed by atoms with Crippen LogP contribution in [0.15, 0.2) is 83.8 Å². The van der Waals surface area contributed by atoms with Crippen LogP contribution in [0.1, 0.15) is 35.3 Å². The molecule has 3 aromatic carbocycles. The molecule has 1 aliphatic rings. The summed E-state index contributed by atoms with van der Waals surface area (Å²) in [4.78, 5) is 13.1. The fourth-order valence-corrected chi connectivity index (χ4v) is 4.94. The van der Waals surface area contributed by atoms with Crippen molar-refractivity contribution in [2.75, 3.05) is 10.8 Å². The van der Waals surface area contributed by atoms with E-state index >= 15 is 0 Å². The van der Waals surface area contributed by atoms with E-state index in [9.17, 15) is 13.4 Å². The van der Waals surface area contributed by atoms with E-state index in [-0.39, 0.29) is 11.7 Å². The Labute approximate surface area is 190 Å². The molecular formula is C26H25FN2O2S. The van der Waals surface area contributed by atoms with Crippen molar-refractivity contribution in [1.29, 1.82) is 0 Å². The zero-order chi connectivity index (χ0) is 22.7. The van der Waals surface area contributed by atoms with Crippen molar-refractivity contribution < 1.29 is 13.4 Å². The lowest BCUT2D eigenvalue weighted by molar-refractivity contribution is 0.0951. The largest absolute Gasteiger partial charge is 0.348 e. The van der Waals surface area contributed by atoms with Gasteiger partial charge in [0.05, 0.1) is 17.1 Å². The minimum Gasteiger partial charge on any atom is -0.348 e. The quantitative estimate of drug-likeness (QED) is 0.554.